The van der Waals surface area contributed by atoms with Crippen molar-refractivity contribution >= 4 is 18.3 Å². The van der Waals surface area contributed by atoms with E-state index in [9.17, 15) is 4.79 Å². The highest BCUT2D eigenvalue weighted by Crippen LogP contribution is 2.32. The van der Waals surface area contributed by atoms with E-state index in [1.54, 1.807) is 0 Å². The molecule has 3 N–H and O–H groups in total. The van der Waals surface area contributed by atoms with Crippen LogP contribution in [0.4, 0.5) is 0 Å². The largest absolute Gasteiger partial charge is 0.349 e. The number of nitrogens with one attached hydrogen (secondary N) is 1. The second kappa shape index (κ2) is 7.49. The van der Waals surface area contributed by atoms with Gasteiger partial charge in [-0.2, -0.15) is 0 Å². The fourth-order valence-electron chi connectivity index (χ4n) is 3.67. The maximum atomic E-state index is 12.3. The summed E-state index contributed by atoms with van der Waals surface area (Å²) in [5, 5.41) is 3.25. The fraction of sp³-hybridized carbons (Fsp3) is 0.933. The summed E-state index contributed by atoms with van der Waals surface area (Å²) >= 11 is 0. The Labute approximate surface area is 123 Å². The second-order valence-electron chi connectivity index (χ2n) is 6.47. The number of carbonyl (C=O) groups excluding carboxylic acids is 1. The van der Waals surface area contributed by atoms with Gasteiger partial charge in [-0.1, -0.05) is 45.4 Å². The van der Waals surface area contributed by atoms with Crippen molar-refractivity contribution in [1.82, 2.24) is 5.32 Å². The molecule has 3 nitrogen and oxygen atoms in total. The third-order valence-corrected chi connectivity index (χ3v) is 4.95. The first-order valence-electron chi connectivity index (χ1n) is 7.67. The molecule has 0 aromatic rings. The second-order valence-corrected chi connectivity index (χ2v) is 6.47. The molecule has 1 atom stereocenters. The van der Waals surface area contributed by atoms with Gasteiger partial charge in [0.1, 0.15) is 0 Å². The van der Waals surface area contributed by atoms with Crippen molar-refractivity contribution in [2.24, 2.45) is 17.6 Å². The van der Waals surface area contributed by atoms with Gasteiger partial charge in [-0.3, -0.25) is 4.79 Å². The van der Waals surface area contributed by atoms with E-state index in [1.807, 2.05) is 0 Å². The minimum Gasteiger partial charge on any atom is -0.349 e. The molecule has 0 aliphatic heterocycles. The van der Waals surface area contributed by atoms with E-state index in [2.05, 4.69) is 12.2 Å². The molecule has 4 heteroatoms. The lowest BCUT2D eigenvalue weighted by Crippen LogP contribution is -2.53. The highest BCUT2D eigenvalue weighted by Gasteiger charge is 2.35. The summed E-state index contributed by atoms with van der Waals surface area (Å²) in [5.74, 6) is 1.16. The van der Waals surface area contributed by atoms with Crippen LogP contribution in [0.5, 0.6) is 0 Å². The highest BCUT2D eigenvalue weighted by atomic mass is 35.5. The van der Waals surface area contributed by atoms with E-state index in [0.29, 0.717) is 6.54 Å². The number of hydrogen-bond acceptors (Lipinski definition) is 2. The molecule has 0 spiro atoms. The summed E-state index contributed by atoms with van der Waals surface area (Å²) in [6.45, 7) is 2.67. The molecular weight excluding hydrogens is 260 g/mol. The van der Waals surface area contributed by atoms with Gasteiger partial charge in [-0.15, -0.1) is 12.4 Å². The molecule has 0 aromatic carbocycles. The summed E-state index contributed by atoms with van der Waals surface area (Å²) < 4.78 is 0. The molecule has 2 aliphatic carbocycles. The molecule has 1 unspecified atom stereocenters. The van der Waals surface area contributed by atoms with Crippen LogP contribution >= 0.6 is 12.4 Å². The lowest BCUT2D eigenvalue weighted by atomic mass is 9.91. The first kappa shape index (κ1) is 16.8. The highest BCUT2D eigenvalue weighted by molar-refractivity contribution is 5.85. The average molecular weight is 289 g/mol. The standard InChI is InChI=1S/C15H28N2O.ClH/c1-12(10-13-6-2-3-7-13)14(18)17-15(11-16)8-4-5-9-15;/h12-13H,2-11,16H2,1H3,(H,17,18);1H. The number of hydrogen-bond donors (Lipinski definition) is 2. The monoisotopic (exact) mass is 288 g/mol. The third kappa shape index (κ3) is 4.35. The molecule has 0 radical (unpaired) electrons. The number of halogens is 1. The Morgan fingerprint density at radius 1 is 1.26 bits per heavy atom. The minimum atomic E-state index is -0.0823. The van der Waals surface area contributed by atoms with E-state index >= 15 is 0 Å². The first-order valence-corrected chi connectivity index (χ1v) is 7.67. The zero-order chi connectivity index (χ0) is 13.0. The predicted molar refractivity (Wildman–Crippen MR) is 81.4 cm³/mol. The van der Waals surface area contributed by atoms with Gasteiger partial charge in [-0.25, -0.2) is 0 Å². The Hall–Kier alpha value is -0.280. The van der Waals surface area contributed by atoms with Crippen molar-refractivity contribution in [3.63, 3.8) is 0 Å². The maximum Gasteiger partial charge on any atom is 0.223 e. The minimum absolute atomic E-state index is 0. The van der Waals surface area contributed by atoms with Crippen LogP contribution in [0.1, 0.15) is 64.7 Å². The zero-order valence-electron chi connectivity index (χ0n) is 12.1. The van der Waals surface area contributed by atoms with Crippen LogP contribution in [0.15, 0.2) is 0 Å². The van der Waals surface area contributed by atoms with Gasteiger partial charge in [0.05, 0.1) is 5.54 Å². The Kier molecular flexibility index (Phi) is 6.61. The molecule has 2 aliphatic rings. The lowest BCUT2D eigenvalue weighted by Gasteiger charge is -2.30. The lowest BCUT2D eigenvalue weighted by molar-refractivity contribution is -0.126. The van der Waals surface area contributed by atoms with Crippen LogP contribution in [0.25, 0.3) is 0 Å². The number of nitrogens with two attached hydrogens (primary N) is 1. The van der Waals surface area contributed by atoms with Gasteiger partial charge in [0.15, 0.2) is 0 Å². The van der Waals surface area contributed by atoms with Crippen molar-refractivity contribution in [3.8, 4) is 0 Å². The van der Waals surface area contributed by atoms with Gasteiger partial charge in [0.25, 0.3) is 0 Å². The van der Waals surface area contributed by atoms with E-state index in [4.69, 9.17) is 5.73 Å². The first-order chi connectivity index (χ1) is 8.65. The summed E-state index contributed by atoms with van der Waals surface area (Å²) in [6.07, 6.45) is 10.9. The van der Waals surface area contributed by atoms with Crippen LogP contribution in [-0.4, -0.2) is 18.0 Å². The van der Waals surface area contributed by atoms with Crippen molar-refractivity contribution in [2.45, 2.75) is 70.3 Å². The van der Waals surface area contributed by atoms with E-state index < -0.39 is 0 Å². The van der Waals surface area contributed by atoms with Gasteiger partial charge in [0.2, 0.25) is 5.91 Å². The number of rotatable bonds is 5. The molecule has 112 valence electrons. The smallest absolute Gasteiger partial charge is 0.223 e. The van der Waals surface area contributed by atoms with Crippen molar-refractivity contribution in [1.29, 1.82) is 0 Å². The maximum absolute atomic E-state index is 12.3. The normalized spacial score (nSPS) is 23.9. The molecule has 2 rings (SSSR count). The average Bonchev–Trinajstić information content (AvgIpc) is 3.01. The van der Waals surface area contributed by atoms with Crippen LogP contribution in [-0.2, 0) is 4.79 Å². The quantitative estimate of drug-likeness (QED) is 0.817. The van der Waals surface area contributed by atoms with E-state index in [1.165, 1.54) is 38.5 Å². The Morgan fingerprint density at radius 2 is 1.84 bits per heavy atom. The van der Waals surface area contributed by atoms with E-state index in [0.717, 1.165) is 25.2 Å². The molecule has 0 saturated heterocycles. The molecule has 0 aromatic heterocycles. The molecule has 1 amide bonds. The third-order valence-electron chi connectivity index (χ3n) is 4.95. The molecular formula is C15H29ClN2O. The summed E-state index contributed by atoms with van der Waals surface area (Å²) in [4.78, 5) is 12.3. The van der Waals surface area contributed by atoms with E-state index in [-0.39, 0.29) is 29.8 Å². The van der Waals surface area contributed by atoms with Gasteiger partial charge < -0.3 is 11.1 Å². The summed E-state index contributed by atoms with van der Waals surface area (Å²) in [7, 11) is 0. The topological polar surface area (TPSA) is 55.1 Å². The van der Waals surface area contributed by atoms with Crippen LogP contribution < -0.4 is 11.1 Å². The summed E-state index contributed by atoms with van der Waals surface area (Å²) in [5.41, 5.74) is 5.78. The predicted octanol–water partition coefficient (Wildman–Crippen LogP) is 3.01. The van der Waals surface area contributed by atoms with Crippen LogP contribution in [0.2, 0.25) is 0 Å². The molecule has 2 saturated carbocycles. The molecule has 19 heavy (non-hydrogen) atoms. The molecule has 0 bridgehead atoms. The zero-order valence-corrected chi connectivity index (χ0v) is 12.9. The SMILES string of the molecule is CC(CC1CCCC1)C(=O)NC1(CN)CCCC1.Cl. The summed E-state index contributed by atoms with van der Waals surface area (Å²) in [6, 6.07) is 0. The van der Waals surface area contributed by atoms with Crippen LogP contribution in [0.3, 0.4) is 0 Å². The Balaban J connectivity index is 0.00000180. The number of amides is 1. The molecule has 2 fully saturated rings. The van der Waals surface area contributed by atoms with Crippen LogP contribution in [0, 0.1) is 11.8 Å². The Bertz CT molecular complexity index is 284. The van der Waals surface area contributed by atoms with Crippen molar-refractivity contribution < 1.29 is 4.79 Å². The van der Waals surface area contributed by atoms with Gasteiger partial charge in [0, 0.05) is 12.5 Å². The van der Waals surface area contributed by atoms with Gasteiger partial charge in [-0.05, 0) is 25.2 Å². The Morgan fingerprint density at radius 3 is 2.37 bits per heavy atom. The van der Waals surface area contributed by atoms with Crippen molar-refractivity contribution in [3.05, 3.63) is 0 Å². The molecule has 0 heterocycles. The number of carbonyl (C=O) groups is 1. The van der Waals surface area contributed by atoms with Crippen molar-refractivity contribution in [2.75, 3.05) is 6.54 Å². The van der Waals surface area contributed by atoms with Gasteiger partial charge >= 0.3 is 0 Å². The fourth-order valence-corrected chi connectivity index (χ4v) is 3.67.